The molecule has 0 radical (unpaired) electrons. The van der Waals surface area contributed by atoms with Gasteiger partial charge in [-0.3, -0.25) is 39.2 Å². The molecule has 1 aliphatic heterocycles. The van der Waals surface area contributed by atoms with Crippen LogP contribution in [0.25, 0.3) is 0 Å². The summed E-state index contributed by atoms with van der Waals surface area (Å²) in [6.45, 7) is 1.80. The first-order valence-electron chi connectivity index (χ1n) is 12.2. The number of nitro groups is 1. The zero-order chi connectivity index (χ0) is 28.2. The standard InChI is InChI=1S/C23H35N5O10/c1-2-18(29)22-23(38-17-5-3-16(4-6-17)28(36)37)27(15-21(34)35)12-11-25(13-19(30)31)9-7-24-8-10-26(22)14-20(32)33/h3-6,18,22-24,29H,2,7-15H2,1H3,(H,30,31)(H,32,33)(H,34,35). The molecule has 212 valence electrons. The number of aliphatic carboxylic acids is 3. The Labute approximate surface area is 219 Å². The highest BCUT2D eigenvalue weighted by molar-refractivity contribution is 5.70. The van der Waals surface area contributed by atoms with Crippen molar-refractivity contribution in [2.24, 2.45) is 0 Å². The van der Waals surface area contributed by atoms with E-state index in [-0.39, 0.29) is 44.0 Å². The van der Waals surface area contributed by atoms with Gasteiger partial charge in [0.25, 0.3) is 5.69 Å². The minimum Gasteiger partial charge on any atom is -0.480 e. The number of benzene rings is 1. The molecular weight excluding hydrogens is 506 g/mol. The van der Waals surface area contributed by atoms with Crippen molar-refractivity contribution in [3.63, 3.8) is 0 Å². The van der Waals surface area contributed by atoms with Crippen molar-refractivity contribution >= 4 is 23.6 Å². The molecule has 0 amide bonds. The first-order valence-corrected chi connectivity index (χ1v) is 12.2. The first-order chi connectivity index (χ1) is 18.0. The van der Waals surface area contributed by atoms with Crippen LogP contribution in [0.2, 0.25) is 0 Å². The number of non-ortho nitro benzene ring substituents is 1. The van der Waals surface area contributed by atoms with Crippen LogP contribution in [-0.4, -0.2) is 135 Å². The van der Waals surface area contributed by atoms with Crippen molar-refractivity contribution in [3.8, 4) is 5.75 Å². The lowest BCUT2D eigenvalue weighted by atomic mass is 10.0. The van der Waals surface area contributed by atoms with Crippen molar-refractivity contribution in [1.82, 2.24) is 20.0 Å². The monoisotopic (exact) mass is 541 g/mol. The number of hydrogen-bond donors (Lipinski definition) is 5. The molecule has 15 nitrogen and oxygen atoms in total. The number of aliphatic hydroxyl groups excluding tert-OH is 1. The maximum atomic E-state index is 11.9. The number of nitro benzene ring substituents is 1. The van der Waals surface area contributed by atoms with Crippen LogP contribution in [0.4, 0.5) is 5.69 Å². The van der Waals surface area contributed by atoms with Gasteiger partial charge in [0, 0.05) is 51.4 Å². The van der Waals surface area contributed by atoms with E-state index in [0.29, 0.717) is 19.6 Å². The molecule has 0 saturated carbocycles. The van der Waals surface area contributed by atoms with Gasteiger partial charge in [0.1, 0.15) is 5.75 Å². The van der Waals surface area contributed by atoms with Crippen LogP contribution in [-0.2, 0) is 14.4 Å². The molecular formula is C23H35N5O10. The zero-order valence-electron chi connectivity index (χ0n) is 21.1. The highest BCUT2D eigenvalue weighted by Crippen LogP contribution is 2.24. The number of nitrogens with one attached hydrogen (secondary N) is 1. The molecule has 1 aliphatic rings. The predicted molar refractivity (Wildman–Crippen MR) is 133 cm³/mol. The average molecular weight is 542 g/mol. The van der Waals surface area contributed by atoms with E-state index in [1.165, 1.54) is 34.1 Å². The fourth-order valence-corrected chi connectivity index (χ4v) is 4.29. The Morgan fingerprint density at radius 1 is 0.974 bits per heavy atom. The molecule has 1 saturated heterocycles. The molecule has 38 heavy (non-hydrogen) atoms. The first kappa shape index (κ1) is 30.9. The molecule has 1 aromatic carbocycles. The van der Waals surface area contributed by atoms with Crippen molar-refractivity contribution in [2.45, 2.75) is 31.7 Å². The summed E-state index contributed by atoms with van der Waals surface area (Å²) in [5, 5.41) is 53.9. The molecule has 5 N–H and O–H groups in total. The average Bonchev–Trinajstić information content (AvgIpc) is 2.84. The van der Waals surface area contributed by atoms with E-state index < -0.39 is 54.3 Å². The molecule has 1 aromatic rings. The lowest BCUT2D eigenvalue weighted by molar-refractivity contribution is -0.384. The number of carboxylic acids is 3. The number of carbonyl (C=O) groups is 3. The van der Waals surface area contributed by atoms with Crippen LogP contribution >= 0.6 is 0 Å². The summed E-state index contributed by atoms with van der Waals surface area (Å²) < 4.78 is 6.16. The highest BCUT2D eigenvalue weighted by Gasteiger charge is 2.40. The normalized spacial score (nSPS) is 21.5. The zero-order valence-corrected chi connectivity index (χ0v) is 21.1. The van der Waals surface area contributed by atoms with Gasteiger partial charge in [-0.25, -0.2) is 0 Å². The predicted octanol–water partition coefficient (Wildman–Crippen LogP) is -0.798. The fourth-order valence-electron chi connectivity index (χ4n) is 4.29. The van der Waals surface area contributed by atoms with E-state index in [0.717, 1.165) is 0 Å². The lowest BCUT2D eigenvalue weighted by Crippen LogP contribution is -2.63. The molecule has 0 spiro atoms. The Balaban J connectivity index is 2.57. The maximum absolute atomic E-state index is 11.9. The minimum absolute atomic E-state index is 0.0189. The summed E-state index contributed by atoms with van der Waals surface area (Å²) in [4.78, 5) is 50.0. The summed E-state index contributed by atoms with van der Waals surface area (Å²) >= 11 is 0. The molecule has 2 rings (SSSR count). The van der Waals surface area contributed by atoms with E-state index >= 15 is 0 Å². The summed E-state index contributed by atoms with van der Waals surface area (Å²) in [5.74, 6) is -3.27. The molecule has 1 heterocycles. The van der Waals surface area contributed by atoms with Gasteiger partial charge in [0.05, 0.1) is 36.7 Å². The molecule has 0 aromatic heterocycles. The quantitative estimate of drug-likeness (QED) is 0.172. The number of hydrogen-bond acceptors (Lipinski definition) is 11. The molecule has 0 bridgehead atoms. The van der Waals surface area contributed by atoms with Crippen molar-refractivity contribution < 1.29 is 44.5 Å². The largest absolute Gasteiger partial charge is 0.480 e. The van der Waals surface area contributed by atoms with Gasteiger partial charge in [0.2, 0.25) is 0 Å². The van der Waals surface area contributed by atoms with Crippen LogP contribution in [0, 0.1) is 10.1 Å². The van der Waals surface area contributed by atoms with Crippen molar-refractivity contribution in [3.05, 3.63) is 34.4 Å². The van der Waals surface area contributed by atoms with E-state index in [2.05, 4.69) is 5.32 Å². The third-order valence-electron chi connectivity index (χ3n) is 6.11. The number of ether oxygens (including phenoxy) is 1. The second-order valence-corrected chi connectivity index (χ2v) is 8.87. The Hall–Kier alpha value is -3.37. The summed E-state index contributed by atoms with van der Waals surface area (Å²) in [7, 11) is 0. The second-order valence-electron chi connectivity index (χ2n) is 8.87. The third-order valence-corrected chi connectivity index (χ3v) is 6.11. The van der Waals surface area contributed by atoms with Crippen molar-refractivity contribution in [2.75, 3.05) is 58.9 Å². The van der Waals surface area contributed by atoms with E-state index in [1.807, 2.05) is 0 Å². The van der Waals surface area contributed by atoms with E-state index in [1.54, 1.807) is 11.8 Å². The smallest absolute Gasteiger partial charge is 0.317 e. The number of carboxylic acid groups (broad SMARTS) is 3. The number of nitrogens with zero attached hydrogens (tertiary/aromatic N) is 4. The molecule has 3 atom stereocenters. The molecule has 0 aliphatic carbocycles. The molecule has 1 fully saturated rings. The Morgan fingerprint density at radius 2 is 1.55 bits per heavy atom. The highest BCUT2D eigenvalue weighted by atomic mass is 16.6. The Kier molecular flexibility index (Phi) is 12.3. The Bertz CT molecular complexity index is 947. The molecule has 15 heteroatoms. The third kappa shape index (κ3) is 9.83. The van der Waals surface area contributed by atoms with E-state index in [4.69, 9.17) is 4.74 Å². The van der Waals surface area contributed by atoms with Gasteiger partial charge in [-0.15, -0.1) is 0 Å². The summed E-state index contributed by atoms with van der Waals surface area (Å²) in [6, 6.07) is 4.08. The fraction of sp³-hybridized carbons (Fsp3) is 0.609. The van der Waals surface area contributed by atoms with Crippen LogP contribution in [0.15, 0.2) is 24.3 Å². The van der Waals surface area contributed by atoms with Gasteiger partial charge in [-0.05, 0) is 18.6 Å². The Morgan fingerprint density at radius 3 is 2.11 bits per heavy atom. The number of aliphatic hydroxyl groups is 1. The SMILES string of the molecule is CCC(O)C1C(Oc2ccc([N+](=O)[O-])cc2)N(CC(=O)O)CCN(CC(=O)O)CCNCCN1CC(=O)O. The van der Waals surface area contributed by atoms with Gasteiger partial charge >= 0.3 is 17.9 Å². The summed E-state index contributed by atoms with van der Waals surface area (Å²) in [6.07, 6.45) is -2.14. The van der Waals surface area contributed by atoms with Crippen LogP contribution in [0.1, 0.15) is 13.3 Å². The topological polar surface area (TPSA) is 206 Å². The van der Waals surface area contributed by atoms with Gasteiger partial charge in [0.15, 0.2) is 6.23 Å². The van der Waals surface area contributed by atoms with Crippen molar-refractivity contribution in [1.29, 1.82) is 0 Å². The van der Waals surface area contributed by atoms with E-state index in [9.17, 15) is 44.9 Å². The van der Waals surface area contributed by atoms with Crippen LogP contribution in [0.5, 0.6) is 5.75 Å². The molecule has 3 unspecified atom stereocenters. The second kappa shape index (κ2) is 15.1. The lowest BCUT2D eigenvalue weighted by Gasteiger charge is -2.43. The minimum atomic E-state index is -1.21. The van der Waals surface area contributed by atoms with Gasteiger partial charge in [-0.2, -0.15) is 0 Å². The van der Waals surface area contributed by atoms with Gasteiger partial charge in [-0.1, -0.05) is 6.92 Å². The summed E-state index contributed by atoms with van der Waals surface area (Å²) in [5.41, 5.74) is -0.188. The number of rotatable bonds is 11. The maximum Gasteiger partial charge on any atom is 0.317 e. The van der Waals surface area contributed by atoms with Crippen LogP contribution in [0.3, 0.4) is 0 Å². The van der Waals surface area contributed by atoms with Gasteiger partial charge < -0.3 is 30.5 Å². The van der Waals surface area contributed by atoms with Crippen LogP contribution < -0.4 is 10.1 Å².